The quantitative estimate of drug-likeness (QED) is 0.428. The first kappa shape index (κ1) is 23.9. The largest absolute Gasteiger partial charge is 0.380 e. The number of allylic oxidation sites excluding steroid dienone is 1. The number of rotatable bonds is 4. The van der Waals surface area contributed by atoms with Gasteiger partial charge >= 0.3 is 0 Å². The summed E-state index contributed by atoms with van der Waals surface area (Å²) in [6, 6.07) is 16.7. The van der Waals surface area contributed by atoms with E-state index < -0.39 is 0 Å². The molecule has 2 aromatic rings. The monoisotopic (exact) mass is 509 g/mol. The van der Waals surface area contributed by atoms with Crippen LogP contribution in [0.5, 0.6) is 0 Å². The van der Waals surface area contributed by atoms with Crippen LogP contribution in [0.15, 0.2) is 65.8 Å². The first-order chi connectivity index (χ1) is 18.3. The fourth-order valence-corrected chi connectivity index (χ4v) is 10.0. The molecule has 2 bridgehead atoms. The average molecular weight is 510 g/mol. The van der Waals surface area contributed by atoms with Crippen LogP contribution in [0.4, 0.5) is 0 Å². The minimum atomic E-state index is -0.0731. The molecule has 8 rings (SSSR count). The van der Waals surface area contributed by atoms with E-state index in [0.29, 0.717) is 23.3 Å². The minimum absolute atomic E-state index is 0.0369. The molecule has 3 aliphatic heterocycles. The molecule has 2 aromatic carbocycles. The van der Waals surface area contributed by atoms with Crippen LogP contribution >= 0.6 is 0 Å². The topological polar surface area (TPSA) is 21.7 Å². The molecule has 6 aliphatic rings. The van der Waals surface area contributed by atoms with Crippen LogP contribution in [0.25, 0.3) is 10.8 Å². The van der Waals surface area contributed by atoms with E-state index in [1.54, 1.807) is 5.57 Å². The van der Waals surface area contributed by atoms with Gasteiger partial charge in [0, 0.05) is 18.0 Å². The lowest BCUT2D eigenvalue weighted by atomic mass is 9.58. The first-order valence-electron chi connectivity index (χ1n) is 15.2. The smallest absolute Gasteiger partial charge is 0.0974 e. The number of ether oxygens (including phenoxy) is 2. The second-order valence-electron chi connectivity index (χ2n) is 14.4. The molecule has 6 atom stereocenters. The Balaban J connectivity index is 1.10. The van der Waals surface area contributed by atoms with Gasteiger partial charge in [-0.1, -0.05) is 68.5 Å². The molecule has 0 radical (unpaired) electrons. The van der Waals surface area contributed by atoms with E-state index in [1.165, 1.54) is 73.3 Å². The minimum Gasteiger partial charge on any atom is -0.380 e. The lowest BCUT2D eigenvalue weighted by molar-refractivity contribution is -0.147. The summed E-state index contributed by atoms with van der Waals surface area (Å²) < 4.78 is 13.1. The Kier molecular flexibility index (Phi) is 5.07. The van der Waals surface area contributed by atoms with Crippen LogP contribution in [-0.4, -0.2) is 49.0 Å². The number of benzene rings is 2. The molecular formula is C35H43NO2. The van der Waals surface area contributed by atoms with Gasteiger partial charge in [-0.2, -0.15) is 0 Å². The van der Waals surface area contributed by atoms with Crippen molar-refractivity contribution in [2.75, 3.05) is 26.8 Å². The normalized spacial score (nSPS) is 40.7. The second kappa shape index (κ2) is 8.05. The Bertz CT molecular complexity index is 1350. The van der Waals surface area contributed by atoms with Crippen molar-refractivity contribution < 1.29 is 9.47 Å². The molecule has 0 aromatic heterocycles. The maximum atomic E-state index is 7.58. The Hall–Kier alpha value is -1.94. The lowest BCUT2D eigenvalue weighted by Crippen LogP contribution is -2.56. The van der Waals surface area contributed by atoms with E-state index in [4.69, 9.17) is 9.47 Å². The third-order valence-electron chi connectivity index (χ3n) is 12.0. The molecule has 2 saturated heterocycles. The molecular weight excluding hydrogens is 466 g/mol. The predicted octanol–water partition coefficient (Wildman–Crippen LogP) is 7.42. The van der Waals surface area contributed by atoms with E-state index in [2.05, 4.69) is 80.4 Å². The van der Waals surface area contributed by atoms with Gasteiger partial charge in [0.25, 0.3) is 0 Å². The molecule has 0 N–H and O–H groups in total. The highest BCUT2D eigenvalue weighted by Gasteiger charge is 2.66. The Morgan fingerprint density at radius 3 is 2.63 bits per heavy atom. The highest BCUT2D eigenvalue weighted by atomic mass is 16.5. The highest BCUT2D eigenvalue weighted by molar-refractivity contribution is 5.83. The van der Waals surface area contributed by atoms with Crippen LogP contribution in [0, 0.1) is 16.7 Å². The summed E-state index contributed by atoms with van der Waals surface area (Å²) in [5.74, 6) is 1.21. The SMILES string of the molecule is CN(CC1(C)COC1)[C@H]1CCC2=CC3=CC[C@]4(C)[C@@H](c5ccc6ccccc6c5)CC[C@H]4[C@@]34CC[C@]2(C1)O4. The summed E-state index contributed by atoms with van der Waals surface area (Å²) >= 11 is 0. The van der Waals surface area contributed by atoms with Crippen LogP contribution < -0.4 is 0 Å². The van der Waals surface area contributed by atoms with Crippen molar-refractivity contribution in [1.82, 2.24) is 4.90 Å². The molecule has 3 heterocycles. The summed E-state index contributed by atoms with van der Waals surface area (Å²) in [5.41, 5.74) is 5.15. The van der Waals surface area contributed by atoms with Crippen LogP contribution in [-0.2, 0) is 9.47 Å². The van der Waals surface area contributed by atoms with Gasteiger partial charge in [-0.3, -0.25) is 0 Å². The Labute approximate surface area is 228 Å². The van der Waals surface area contributed by atoms with E-state index in [-0.39, 0.29) is 16.6 Å². The summed E-state index contributed by atoms with van der Waals surface area (Å²) in [7, 11) is 2.35. The molecule has 0 amide bonds. The summed E-state index contributed by atoms with van der Waals surface area (Å²) in [5, 5.41) is 2.73. The maximum Gasteiger partial charge on any atom is 0.0974 e. The van der Waals surface area contributed by atoms with E-state index in [1.807, 2.05) is 0 Å². The third-order valence-corrected chi connectivity index (χ3v) is 12.0. The summed E-state index contributed by atoms with van der Waals surface area (Å²) in [4.78, 5) is 2.64. The molecule has 3 heteroatoms. The standard InChI is InChI=1S/C35H43NO2/c1-32(22-37-23-32)21-36(3)29-11-10-27-19-28-14-15-33(2)30(26-9-8-24-6-4-5-7-25(24)18-26)12-13-31(33)35(28)17-16-34(27,20-29)38-35/h4-9,14,18-19,29-31H,10-13,15-17,20-23H2,1-3H3/t29-,30+,31+,33+,34+,35+/m0/s1. The van der Waals surface area contributed by atoms with Gasteiger partial charge < -0.3 is 14.4 Å². The van der Waals surface area contributed by atoms with Crippen LogP contribution in [0.3, 0.4) is 0 Å². The second-order valence-corrected chi connectivity index (χ2v) is 14.4. The van der Waals surface area contributed by atoms with E-state index >= 15 is 0 Å². The zero-order valence-corrected chi connectivity index (χ0v) is 23.5. The molecule has 2 saturated carbocycles. The molecule has 0 unspecified atom stereocenters. The first-order valence-corrected chi connectivity index (χ1v) is 15.2. The summed E-state index contributed by atoms with van der Waals surface area (Å²) in [6.45, 7) is 7.93. The van der Waals surface area contributed by atoms with Crippen molar-refractivity contribution >= 4 is 10.8 Å². The lowest BCUT2D eigenvalue weighted by Gasteiger charge is -2.55. The number of fused-ring (bicyclic) bond motifs is 2. The zero-order chi connectivity index (χ0) is 25.8. The van der Waals surface area contributed by atoms with Gasteiger partial charge in [0.15, 0.2) is 0 Å². The van der Waals surface area contributed by atoms with Gasteiger partial charge in [-0.15, -0.1) is 0 Å². The van der Waals surface area contributed by atoms with Crippen molar-refractivity contribution in [3.63, 3.8) is 0 Å². The maximum absolute atomic E-state index is 7.58. The van der Waals surface area contributed by atoms with E-state index in [0.717, 1.165) is 19.8 Å². The Morgan fingerprint density at radius 2 is 1.82 bits per heavy atom. The Morgan fingerprint density at radius 1 is 0.974 bits per heavy atom. The molecule has 38 heavy (non-hydrogen) atoms. The summed E-state index contributed by atoms with van der Waals surface area (Å²) in [6.07, 6.45) is 15.0. The van der Waals surface area contributed by atoms with Gasteiger partial charge in [0.2, 0.25) is 0 Å². The molecule has 2 spiro atoms. The average Bonchev–Trinajstić information content (AvgIpc) is 3.42. The third kappa shape index (κ3) is 3.25. The molecule has 4 fully saturated rings. The highest BCUT2D eigenvalue weighted by Crippen LogP contribution is 2.69. The van der Waals surface area contributed by atoms with Crippen molar-refractivity contribution in [1.29, 1.82) is 0 Å². The van der Waals surface area contributed by atoms with Gasteiger partial charge in [-0.05, 0) is 103 Å². The fourth-order valence-electron chi connectivity index (χ4n) is 10.0. The number of hydrogen-bond donors (Lipinski definition) is 0. The fraction of sp³-hybridized carbons (Fsp3) is 0.600. The molecule has 3 aliphatic carbocycles. The number of hydrogen-bond acceptors (Lipinski definition) is 3. The predicted molar refractivity (Wildman–Crippen MR) is 153 cm³/mol. The zero-order valence-electron chi connectivity index (χ0n) is 23.5. The van der Waals surface area contributed by atoms with Gasteiger partial charge in [-0.25, -0.2) is 0 Å². The van der Waals surface area contributed by atoms with Gasteiger partial charge in [0.1, 0.15) is 0 Å². The molecule has 3 nitrogen and oxygen atoms in total. The number of nitrogens with zero attached hydrogens (tertiary/aromatic N) is 1. The van der Waals surface area contributed by atoms with Crippen molar-refractivity contribution in [2.45, 2.75) is 88.4 Å². The van der Waals surface area contributed by atoms with Crippen molar-refractivity contribution in [3.05, 3.63) is 71.3 Å². The van der Waals surface area contributed by atoms with Crippen molar-refractivity contribution in [3.8, 4) is 0 Å². The van der Waals surface area contributed by atoms with Crippen LogP contribution in [0.1, 0.15) is 76.7 Å². The molecule has 200 valence electrons. The van der Waals surface area contributed by atoms with Crippen LogP contribution in [0.2, 0.25) is 0 Å². The van der Waals surface area contributed by atoms with Crippen molar-refractivity contribution in [2.24, 2.45) is 16.7 Å². The van der Waals surface area contributed by atoms with E-state index in [9.17, 15) is 0 Å². The van der Waals surface area contributed by atoms with Gasteiger partial charge in [0.05, 0.1) is 24.4 Å².